The summed E-state index contributed by atoms with van der Waals surface area (Å²) in [4.78, 5) is 27.2. The summed E-state index contributed by atoms with van der Waals surface area (Å²) in [5, 5.41) is 3.12. The van der Waals surface area contributed by atoms with E-state index in [0.717, 1.165) is 23.4 Å². The molecule has 6 nitrogen and oxygen atoms in total. The quantitative estimate of drug-likeness (QED) is 0.866. The molecule has 1 N–H and O–H groups in total. The van der Waals surface area contributed by atoms with Crippen LogP contribution in [0.15, 0.2) is 48.5 Å². The number of hydrogen-bond donors (Lipinski definition) is 1. The maximum Gasteiger partial charge on any atom is 0.227 e. The van der Waals surface area contributed by atoms with Crippen molar-refractivity contribution in [1.29, 1.82) is 0 Å². The van der Waals surface area contributed by atoms with Crippen LogP contribution in [0, 0.1) is 5.92 Å². The van der Waals surface area contributed by atoms with E-state index < -0.39 is 0 Å². The van der Waals surface area contributed by atoms with Gasteiger partial charge in [-0.25, -0.2) is 0 Å². The Morgan fingerprint density at radius 3 is 2.86 bits per heavy atom. The number of rotatable bonds is 5. The molecule has 2 unspecified atom stereocenters. The molecule has 2 aliphatic heterocycles. The molecule has 2 atom stereocenters. The van der Waals surface area contributed by atoms with Crippen molar-refractivity contribution < 1.29 is 19.1 Å². The average Bonchev–Trinajstić information content (AvgIpc) is 3.11. The zero-order valence-corrected chi connectivity index (χ0v) is 15.9. The summed E-state index contributed by atoms with van der Waals surface area (Å²) in [5.74, 6) is 0.954. The Balaban J connectivity index is 1.47. The fraction of sp³-hybridized carbons (Fsp3) is 0.364. The molecule has 28 heavy (non-hydrogen) atoms. The zero-order chi connectivity index (χ0) is 19.5. The van der Waals surface area contributed by atoms with Crippen molar-refractivity contribution in [1.82, 2.24) is 5.32 Å². The van der Waals surface area contributed by atoms with Gasteiger partial charge in [-0.2, -0.15) is 0 Å². The first-order valence-electron chi connectivity index (χ1n) is 9.71. The van der Waals surface area contributed by atoms with E-state index in [1.807, 2.05) is 55.5 Å². The minimum absolute atomic E-state index is 0.0559. The highest BCUT2D eigenvalue weighted by Gasteiger charge is 2.37. The number of carbonyl (C=O) groups is 2. The molecule has 0 saturated carbocycles. The van der Waals surface area contributed by atoms with Gasteiger partial charge in [0.2, 0.25) is 11.8 Å². The number of carbonyl (C=O) groups excluding carboxylic acids is 2. The minimum atomic E-state index is -0.378. The van der Waals surface area contributed by atoms with Gasteiger partial charge >= 0.3 is 0 Å². The summed E-state index contributed by atoms with van der Waals surface area (Å²) in [5.41, 5.74) is 1.71. The lowest BCUT2D eigenvalue weighted by molar-refractivity contribution is -0.127. The third-order valence-corrected chi connectivity index (χ3v) is 5.23. The molecule has 1 saturated heterocycles. The summed E-state index contributed by atoms with van der Waals surface area (Å²) in [6.45, 7) is 3.36. The Bertz CT molecular complexity index is 882. The fourth-order valence-corrected chi connectivity index (χ4v) is 3.86. The molecule has 1 fully saturated rings. The number of anilines is 1. The van der Waals surface area contributed by atoms with E-state index in [-0.39, 0.29) is 30.2 Å². The molecule has 6 heteroatoms. The maximum absolute atomic E-state index is 12.9. The van der Waals surface area contributed by atoms with Gasteiger partial charge < -0.3 is 19.7 Å². The lowest BCUT2D eigenvalue weighted by atomic mass is 9.99. The maximum atomic E-state index is 12.9. The van der Waals surface area contributed by atoms with Crippen molar-refractivity contribution in [2.45, 2.75) is 25.8 Å². The SMILES string of the molecule is CCOc1ccccc1N1CC(C(=O)NC2CCOc3ccccc32)CC1=O. The molecule has 0 spiro atoms. The number of fused-ring (bicyclic) bond motifs is 1. The number of benzene rings is 2. The van der Waals surface area contributed by atoms with Crippen LogP contribution >= 0.6 is 0 Å². The number of nitrogens with zero attached hydrogens (tertiary/aromatic N) is 1. The monoisotopic (exact) mass is 380 g/mol. The summed E-state index contributed by atoms with van der Waals surface area (Å²) in [7, 11) is 0. The molecule has 0 bridgehead atoms. The Kier molecular flexibility index (Phi) is 5.19. The van der Waals surface area contributed by atoms with Gasteiger partial charge in [-0.05, 0) is 25.1 Å². The van der Waals surface area contributed by atoms with E-state index in [9.17, 15) is 9.59 Å². The topological polar surface area (TPSA) is 67.9 Å². The molecule has 4 rings (SSSR count). The normalized spacial score (nSPS) is 21.0. The van der Waals surface area contributed by atoms with Gasteiger partial charge in [0.05, 0.1) is 30.9 Å². The van der Waals surface area contributed by atoms with Crippen LogP contribution in [0.5, 0.6) is 11.5 Å². The largest absolute Gasteiger partial charge is 0.493 e. The second-order valence-electron chi connectivity index (χ2n) is 7.04. The highest BCUT2D eigenvalue weighted by molar-refractivity contribution is 6.01. The first-order chi connectivity index (χ1) is 13.7. The summed E-state index contributed by atoms with van der Waals surface area (Å²) in [6, 6.07) is 15.1. The first kappa shape index (κ1) is 18.3. The smallest absolute Gasteiger partial charge is 0.227 e. The van der Waals surface area contributed by atoms with Crippen LogP contribution < -0.4 is 19.7 Å². The van der Waals surface area contributed by atoms with Crippen molar-refractivity contribution >= 4 is 17.5 Å². The van der Waals surface area contributed by atoms with Crippen molar-refractivity contribution in [2.24, 2.45) is 5.92 Å². The van der Waals surface area contributed by atoms with E-state index in [4.69, 9.17) is 9.47 Å². The second kappa shape index (κ2) is 7.92. The van der Waals surface area contributed by atoms with Crippen molar-refractivity contribution in [3.63, 3.8) is 0 Å². The van der Waals surface area contributed by atoms with Crippen LogP contribution in [0.4, 0.5) is 5.69 Å². The van der Waals surface area contributed by atoms with Crippen LogP contribution in [-0.2, 0) is 9.59 Å². The van der Waals surface area contributed by atoms with Crippen LogP contribution in [0.25, 0.3) is 0 Å². The fourth-order valence-electron chi connectivity index (χ4n) is 3.86. The Labute approximate surface area is 164 Å². The summed E-state index contributed by atoms with van der Waals surface area (Å²) < 4.78 is 11.3. The van der Waals surface area contributed by atoms with E-state index in [0.29, 0.717) is 25.5 Å². The van der Waals surface area contributed by atoms with Gasteiger partial charge in [0.1, 0.15) is 11.5 Å². The second-order valence-corrected chi connectivity index (χ2v) is 7.04. The van der Waals surface area contributed by atoms with Crippen molar-refractivity contribution in [3.05, 3.63) is 54.1 Å². The summed E-state index contributed by atoms with van der Waals surface area (Å²) >= 11 is 0. The van der Waals surface area contributed by atoms with Gasteiger partial charge in [-0.15, -0.1) is 0 Å². The van der Waals surface area contributed by atoms with Crippen LogP contribution in [0.3, 0.4) is 0 Å². The van der Waals surface area contributed by atoms with Crippen LogP contribution in [-0.4, -0.2) is 31.6 Å². The third-order valence-electron chi connectivity index (χ3n) is 5.23. The van der Waals surface area contributed by atoms with E-state index >= 15 is 0 Å². The molecule has 2 aromatic rings. The molecule has 2 amide bonds. The van der Waals surface area contributed by atoms with Gasteiger partial charge in [0.15, 0.2) is 0 Å². The molecular formula is C22H24N2O4. The highest BCUT2D eigenvalue weighted by Crippen LogP contribution is 2.35. The Hall–Kier alpha value is -3.02. The third kappa shape index (κ3) is 3.54. The number of nitrogens with one attached hydrogen (secondary N) is 1. The zero-order valence-electron chi connectivity index (χ0n) is 15.9. The Morgan fingerprint density at radius 2 is 2.00 bits per heavy atom. The van der Waals surface area contributed by atoms with Crippen molar-refractivity contribution in [2.75, 3.05) is 24.7 Å². The van der Waals surface area contributed by atoms with Crippen molar-refractivity contribution in [3.8, 4) is 11.5 Å². The Morgan fingerprint density at radius 1 is 1.21 bits per heavy atom. The van der Waals surface area contributed by atoms with Gasteiger partial charge in [0, 0.05) is 24.9 Å². The van der Waals surface area contributed by atoms with Gasteiger partial charge in [-0.3, -0.25) is 9.59 Å². The minimum Gasteiger partial charge on any atom is -0.493 e. The molecule has 0 aliphatic carbocycles. The average molecular weight is 380 g/mol. The highest BCUT2D eigenvalue weighted by atomic mass is 16.5. The number of ether oxygens (including phenoxy) is 2. The number of para-hydroxylation sites is 3. The van der Waals surface area contributed by atoms with E-state index in [1.165, 1.54) is 0 Å². The van der Waals surface area contributed by atoms with Crippen LogP contribution in [0.2, 0.25) is 0 Å². The molecule has 0 radical (unpaired) electrons. The lowest BCUT2D eigenvalue weighted by Crippen LogP contribution is -2.37. The molecule has 2 aliphatic rings. The predicted octanol–water partition coefficient (Wildman–Crippen LogP) is 3.08. The number of amides is 2. The van der Waals surface area contributed by atoms with Gasteiger partial charge in [-0.1, -0.05) is 30.3 Å². The summed E-state index contributed by atoms with van der Waals surface area (Å²) in [6.07, 6.45) is 0.928. The molecule has 2 heterocycles. The molecule has 2 aromatic carbocycles. The number of hydrogen-bond acceptors (Lipinski definition) is 4. The molecule has 146 valence electrons. The van der Waals surface area contributed by atoms with E-state index in [1.54, 1.807) is 4.90 Å². The first-order valence-corrected chi connectivity index (χ1v) is 9.71. The van der Waals surface area contributed by atoms with E-state index in [2.05, 4.69) is 5.32 Å². The predicted molar refractivity (Wildman–Crippen MR) is 106 cm³/mol. The molecular weight excluding hydrogens is 356 g/mol. The lowest BCUT2D eigenvalue weighted by Gasteiger charge is -2.27. The van der Waals surface area contributed by atoms with Crippen LogP contribution in [0.1, 0.15) is 31.4 Å². The molecule has 0 aromatic heterocycles. The standard InChI is InChI=1S/C22H24N2O4/c1-2-27-20-10-6-4-8-18(20)24-14-15(13-21(24)25)22(26)23-17-11-12-28-19-9-5-3-7-16(17)19/h3-10,15,17H,2,11-14H2,1H3,(H,23,26). The van der Waals surface area contributed by atoms with Gasteiger partial charge in [0.25, 0.3) is 0 Å².